The number of hydrogen-bond acceptors (Lipinski definition) is 3. The smallest absolute Gasteiger partial charge is 0.269 e. The first-order valence-electron chi connectivity index (χ1n) is 3.36. The Labute approximate surface area is 67.8 Å². The number of aromatic nitrogens is 3. The van der Waals surface area contributed by atoms with Gasteiger partial charge in [-0.3, -0.25) is 4.79 Å². The van der Waals surface area contributed by atoms with Crippen molar-refractivity contribution in [3.8, 4) is 0 Å². The van der Waals surface area contributed by atoms with Crippen LogP contribution in [0.4, 0.5) is 0 Å². The molecule has 60 valence electrons. The molecule has 0 radical (unpaired) electrons. The first-order valence-corrected chi connectivity index (χ1v) is 3.36. The monoisotopic (exact) mass is 162 g/mol. The minimum absolute atomic E-state index is 0.237. The van der Waals surface area contributed by atoms with E-state index in [1.54, 1.807) is 18.3 Å². The Kier molecular flexibility index (Phi) is 1.30. The van der Waals surface area contributed by atoms with E-state index in [-0.39, 0.29) is 5.69 Å². The Morgan fingerprint density at radius 3 is 3.08 bits per heavy atom. The SMILES string of the molecule is NC(=O)c1ccc2cncn2n1. The molecule has 0 fully saturated rings. The predicted octanol–water partition coefficient (Wildman–Crippen LogP) is -0.172. The highest BCUT2D eigenvalue weighted by Crippen LogP contribution is 2.00. The van der Waals surface area contributed by atoms with Gasteiger partial charge < -0.3 is 5.73 Å². The summed E-state index contributed by atoms with van der Waals surface area (Å²) < 4.78 is 1.50. The molecule has 0 aliphatic rings. The van der Waals surface area contributed by atoms with Crippen LogP contribution in [-0.2, 0) is 0 Å². The molecule has 5 heteroatoms. The summed E-state index contributed by atoms with van der Waals surface area (Å²) in [5, 5.41) is 3.91. The lowest BCUT2D eigenvalue weighted by Crippen LogP contribution is -2.14. The molecule has 0 aliphatic carbocycles. The summed E-state index contributed by atoms with van der Waals surface area (Å²) in [6.45, 7) is 0. The molecule has 2 aromatic rings. The maximum Gasteiger partial charge on any atom is 0.269 e. The lowest BCUT2D eigenvalue weighted by molar-refractivity contribution is 0.0994. The van der Waals surface area contributed by atoms with Crippen LogP contribution in [0.15, 0.2) is 24.7 Å². The largest absolute Gasteiger partial charge is 0.364 e. The Morgan fingerprint density at radius 1 is 1.50 bits per heavy atom. The second-order valence-electron chi connectivity index (χ2n) is 2.35. The highest BCUT2D eigenvalue weighted by atomic mass is 16.1. The summed E-state index contributed by atoms with van der Waals surface area (Å²) in [7, 11) is 0. The van der Waals surface area contributed by atoms with Crippen LogP contribution in [0.1, 0.15) is 10.5 Å². The minimum Gasteiger partial charge on any atom is -0.364 e. The maximum absolute atomic E-state index is 10.7. The van der Waals surface area contributed by atoms with Crippen molar-refractivity contribution in [3.05, 3.63) is 30.4 Å². The molecular formula is C7H6N4O. The fourth-order valence-corrected chi connectivity index (χ4v) is 0.947. The van der Waals surface area contributed by atoms with Crippen molar-refractivity contribution in [1.29, 1.82) is 0 Å². The fraction of sp³-hybridized carbons (Fsp3) is 0. The molecule has 2 N–H and O–H groups in total. The van der Waals surface area contributed by atoms with Gasteiger partial charge in [0.25, 0.3) is 5.91 Å². The molecule has 2 heterocycles. The van der Waals surface area contributed by atoms with Crippen LogP contribution >= 0.6 is 0 Å². The zero-order valence-electron chi connectivity index (χ0n) is 6.14. The summed E-state index contributed by atoms with van der Waals surface area (Å²) in [5.74, 6) is -0.536. The maximum atomic E-state index is 10.7. The van der Waals surface area contributed by atoms with E-state index in [0.29, 0.717) is 0 Å². The summed E-state index contributed by atoms with van der Waals surface area (Å²) >= 11 is 0. The van der Waals surface area contributed by atoms with Gasteiger partial charge in [0.2, 0.25) is 0 Å². The van der Waals surface area contributed by atoms with Gasteiger partial charge in [0.05, 0.1) is 11.7 Å². The van der Waals surface area contributed by atoms with Crippen LogP contribution in [0.25, 0.3) is 5.52 Å². The van der Waals surface area contributed by atoms with Crippen LogP contribution in [0.3, 0.4) is 0 Å². The number of amides is 1. The topological polar surface area (TPSA) is 73.3 Å². The summed E-state index contributed by atoms with van der Waals surface area (Å²) in [5.41, 5.74) is 6.11. The van der Waals surface area contributed by atoms with Crippen molar-refractivity contribution in [2.75, 3.05) is 0 Å². The molecule has 0 atom stereocenters. The van der Waals surface area contributed by atoms with Gasteiger partial charge in [0, 0.05) is 0 Å². The van der Waals surface area contributed by atoms with Gasteiger partial charge in [-0.05, 0) is 12.1 Å². The number of carbonyl (C=O) groups is 1. The molecule has 5 nitrogen and oxygen atoms in total. The summed E-state index contributed by atoms with van der Waals surface area (Å²) in [6.07, 6.45) is 3.17. The third-order valence-corrected chi connectivity index (χ3v) is 1.53. The second kappa shape index (κ2) is 2.30. The number of primary amides is 1. The van der Waals surface area contributed by atoms with Gasteiger partial charge in [-0.15, -0.1) is 0 Å². The molecule has 0 spiro atoms. The quantitative estimate of drug-likeness (QED) is 0.632. The van der Waals surface area contributed by atoms with Crippen molar-refractivity contribution >= 4 is 11.4 Å². The van der Waals surface area contributed by atoms with E-state index in [2.05, 4.69) is 10.1 Å². The molecule has 2 aromatic heterocycles. The number of imidazole rings is 1. The fourth-order valence-electron chi connectivity index (χ4n) is 0.947. The molecule has 0 bridgehead atoms. The normalized spacial score (nSPS) is 10.3. The highest BCUT2D eigenvalue weighted by molar-refractivity contribution is 5.90. The number of rotatable bonds is 1. The zero-order valence-corrected chi connectivity index (χ0v) is 6.14. The number of nitrogens with zero attached hydrogens (tertiary/aromatic N) is 3. The van der Waals surface area contributed by atoms with Crippen LogP contribution in [0.5, 0.6) is 0 Å². The van der Waals surface area contributed by atoms with Crippen molar-refractivity contribution in [1.82, 2.24) is 14.6 Å². The zero-order chi connectivity index (χ0) is 8.55. The first-order chi connectivity index (χ1) is 5.77. The van der Waals surface area contributed by atoms with Gasteiger partial charge in [-0.25, -0.2) is 9.50 Å². The summed E-state index contributed by atoms with van der Waals surface area (Å²) in [4.78, 5) is 14.5. The molecular weight excluding hydrogens is 156 g/mol. The second-order valence-corrected chi connectivity index (χ2v) is 2.35. The highest BCUT2D eigenvalue weighted by Gasteiger charge is 2.02. The standard InChI is InChI=1S/C7H6N4O/c8-7(12)6-2-1-5-3-9-4-11(5)10-6/h1-4H,(H2,8,12). The van der Waals surface area contributed by atoms with Crippen molar-refractivity contribution in [2.45, 2.75) is 0 Å². The number of nitrogens with two attached hydrogens (primary N) is 1. The van der Waals surface area contributed by atoms with Crippen molar-refractivity contribution < 1.29 is 4.79 Å². The Balaban J connectivity index is 2.68. The molecule has 0 saturated heterocycles. The molecule has 1 amide bonds. The number of fused-ring (bicyclic) bond motifs is 1. The average molecular weight is 162 g/mol. The van der Waals surface area contributed by atoms with Gasteiger partial charge >= 0.3 is 0 Å². The minimum atomic E-state index is -0.536. The van der Waals surface area contributed by atoms with Crippen LogP contribution < -0.4 is 5.73 Å². The van der Waals surface area contributed by atoms with Gasteiger partial charge in [0.15, 0.2) is 0 Å². The van der Waals surface area contributed by atoms with E-state index in [9.17, 15) is 4.79 Å². The third-order valence-electron chi connectivity index (χ3n) is 1.53. The lowest BCUT2D eigenvalue weighted by Gasteiger charge is -1.94. The molecule has 2 rings (SSSR count). The van der Waals surface area contributed by atoms with E-state index in [0.717, 1.165) is 5.52 Å². The first kappa shape index (κ1) is 6.78. The van der Waals surface area contributed by atoms with E-state index >= 15 is 0 Å². The van der Waals surface area contributed by atoms with Gasteiger partial charge in [0.1, 0.15) is 12.0 Å². The molecule has 0 aromatic carbocycles. The Bertz CT molecular complexity index is 434. The van der Waals surface area contributed by atoms with E-state index in [4.69, 9.17) is 5.73 Å². The van der Waals surface area contributed by atoms with Gasteiger partial charge in [-0.2, -0.15) is 5.10 Å². The Hall–Kier alpha value is -1.91. The van der Waals surface area contributed by atoms with Crippen molar-refractivity contribution in [2.24, 2.45) is 5.73 Å². The van der Waals surface area contributed by atoms with Crippen molar-refractivity contribution in [3.63, 3.8) is 0 Å². The molecule has 0 saturated carbocycles. The van der Waals surface area contributed by atoms with Crippen LogP contribution in [0.2, 0.25) is 0 Å². The number of carbonyl (C=O) groups excluding carboxylic acids is 1. The molecule has 12 heavy (non-hydrogen) atoms. The van der Waals surface area contributed by atoms with Crippen LogP contribution in [-0.4, -0.2) is 20.5 Å². The van der Waals surface area contributed by atoms with E-state index < -0.39 is 5.91 Å². The van der Waals surface area contributed by atoms with E-state index in [1.165, 1.54) is 10.8 Å². The molecule has 0 unspecified atom stereocenters. The number of hydrogen-bond donors (Lipinski definition) is 1. The summed E-state index contributed by atoms with van der Waals surface area (Å²) in [6, 6.07) is 3.30. The lowest BCUT2D eigenvalue weighted by atomic mass is 10.3. The predicted molar refractivity (Wildman–Crippen MR) is 41.5 cm³/mol. The van der Waals surface area contributed by atoms with E-state index in [1.807, 2.05) is 0 Å². The third kappa shape index (κ3) is 0.914. The van der Waals surface area contributed by atoms with Crippen LogP contribution in [0, 0.1) is 0 Å². The Morgan fingerprint density at radius 2 is 2.33 bits per heavy atom. The molecule has 0 aliphatic heterocycles. The van der Waals surface area contributed by atoms with Gasteiger partial charge in [-0.1, -0.05) is 0 Å². The average Bonchev–Trinajstić information content (AvgIpc) is 2.49.